The average Bonchev–Trinajstić information content (AvgIpc) is 3.51. The molecule has 0 bridgehead atoms. The largest absolute Gasteiger partial charge is 0.306 e. The molecule has 6 aromatic rings. The Morgan fingerprint density at radius 3 is 2.41 bits per heavy atom. The van der Waals surface area contributed by atoms with Crippen molar-refractivity contribution in [2.45, 2.75) is 19.5 Å². The summed E-state index contributed by atoms with van der Waals surface area (Å²) in [5, 5.41) is 8.86. The van der Waals surface area contributed by atoms with E-state index >= 15 is 0 Å². The van der Waals surface area contributed by atoms with Gasteiger partial charge in [-0.1, -0.05) is 66.7 Å². The Kier molecular flexibility index (Phi) is 6.23. The highest BCUT2D eigenvalue weighted by Gasteiger charge is 2.12. The van der Waals surface area contributed by atoms with Gasteiger partial charge < -0.3 is 5.32 Å². The minimum absolute atomic E-state index is 0.213. The van der Waals surface area contributed by atoms with Crippen LogP contribution in [0.15, 0.2) is 116 Å². The summed E-state index contributed by atoms with van der Waals surface area (Å²) in [6.07, 6.45) is 6.91. The van der Waals surface area contributed by atoms with Gasteiger partial charge in [-0.2, -0.15) is 5.10 Å². The summed E-state index contributed by atoms with van der Waals surface area (Å²) in [5.41, 5.74) is 8.71. The van der Waals surface area contributed by atoms with Gasteiger partial charge in [-0.05, 0) is 47.9 Å². The number of fused-ring (bicyclic) bond motifs is 1. The van der Waals surface area contributed by atoms with Crippen molar-refractivity contribution in [2.75, 3.05) is 0 Å². The van der Waals surface area contributed by atoms with Crippen molar-refractivity contribution >= 4 is 10.9 Å². The molecule has 6 rings (SSSR count). The number of aromatic nitrogens is 5. The smallest absolute Gasteiger partial charge is 0.138 e. The molecule has 0 fully saturated rings. The molecule has 0 aliphatic rings. The van der Waals surface area contributed by atoms with E-state index in [-0.39, 0.29) is 6.04 Å². The van der Waals surface area contributed by atoms with Crippen LogP contribution in [0, 0.1) is 0 Å². The van der Waals surface area contributed by atoms with E-state index in [9.17, 15) is 0 Å². The minimum atomic E-state index is 0.213. The molecular formula is C31H26N6. The summed E-state index contributed by atoms with van der Waals surface area (Å²) in [5.74, 6) is 0. The molecule has 6 nitrogen and oxygen atoms in total. The van der Waals surface area contributed by atoms with Crippen molar-refractivity contribution in [3.05, 3.63) is 127 Å². The van der Waals surface area contributed by atoms with E-state index in [2.05, 4.69) is 106 Å². The fourth-order valence-electron chi connectivity index (χ4n) is 4.50. The molecule has 0 aliphatic heterocycles. The fourth-order valence-corrected chi connectivity index (χ4v) is 4.50. The van der Waals surface area contributed by atoms with Gasteiger partial charge in [0, 0.05) is 41.5 Å². The Labute approximate surface area is 215 Å². The number of nitrogens with zero attached hydrogens (tertiary/aromatic N) is 5. The van der Waals surface area contributed by atoms with Gasteiger partial charge in [-0.3, -0.25) is 4.98 Å². The normalized spacial score (nSPS) is 12.0. The summed E-state index contributed by atoms with van der Waals surface area (Å²) in [6.45, 7) is 2.95. The number of hydrogen-bond acceptors (Lipinski definition) is 5. The zero-order valence-corrected chi connectivity index (χ0v) is 20.5. The Bertz CT molecular complexity index is 1610. The summed E-state index contributed by atoms with van der Waals surface area (Å²) in [4.78, 5) is 13.3. The maximum atomic E-state index is 5.03. The van der Waals surface area contributed by atoms with Crippen LogP contribution in [0.3, 0.4) is 0 Å². The van der Waals surface area contributed by atoms with E-state index in [0.29, 0.717) is 0 Å². The van der Waals surface area contributed by atoms with E-state index < -0.39 is 0 Å². The molecule has 3 heterocycles. The maximum absolute atomic E-state index is 5.03. The molecule has 0 saturated carbocycles. The highest BCUT2D eigenvalue weighted by atomic mass is 15.3. The maximum Gasteiger partial charge on any atom is 0.138 e. The molecule has 37 heavy (non-hydrogen) atoms. The van der Waals surface area contributed by atoms with Crippen molar-refractivity contribution in [1.29, 1.82) is 0 Å². The quantitative estimate of drug-likeness (QED) is 0.285. The molecular weight excluding hydrogens is 456 g/mol. The monoisotopic (exact) mass is 482 g/mol. The second-order valence-electron chi connectivity index (χ2n) is 9.05. The van der Waals surface area contributed by atoms with E-state index in [0.717, 1.165) is 45.5 Å². The number of nitrogens with one attached hydrogen (secondary N) is 1. The zero-order valence-electron chi connectivity index (χ0n) is 20.5. The van der Waals surface area contributed by atoms with Crippen molar-refractivity contribution in [3.63, 3.8) is 0 Å². The summed E-state index contributed by atoms with van der Waals surface area (Å²) < 4.78 is 1.76. The molecule has 180 valence electrons. The molecule has 1 N–H and O–H groups in total. The lowest BCUT2D eigenvalue weighted by Gasteiger charge is -2.15. The van der Waals surface area contributed by atoms with Crippen molar-refractivity contribution in [1.82, 2.24) is 30.0 Å². The first-order chi connectivity index (χ1) is 18.2. The van der Waals surface area contributed by atoms with E-state index in [1.165, 1.54) is 11.1 Å². The molecule has 6 heteroatoms. The van der Waals surface area contributed by atoms with Crippen molar-refractivity contribution in [2.24, 2.45) is 0 Å². The lowest BCUT2D eigenvalue weighted by molar-refractivity contribution is 0.574. The number of benzene rings is 3. The SMILES string of the molecule is CC(NCc1ccc(-c2nc3ccncc3cc2-c2ccccc2)cc1)c1ccc(-n2cncn2)cc1. The van der Waals surface area contributed by atoms with Gasteiger partial charge in [-0.25, -0.2) is 14.6 Å². The molecule has 0 saturated heterocycles. The first-order valence-electron chi connectivity index (χ1n) is 12.3. The second-order valence-corrected chi connectivity index (χ2v) is 9.05. The van der Waals surface area contributed by atoms with Crippen LogP contribution in [0.2, 0.25) is 0 Å². The van der Waals surface area contributed by atoms with Crippen LogP contribution in [0.25, 0.3) is 39.0 Å². The lowest BCUT2D eigenvalue weighted by Crippen LogP contribution is -2.18. The van der Waals surface area contributed by atoms with Gasteiger partial charge in [-0.15, -0.1) is 0 Å². The third kappa shape index (κ3) is 4.87. The van der Waals surface area contributed by atoms with Crippen molar-refractivity contribution in [3.8, 4) is 28.1 Å². The van der Waals surface area contributed by atoms with Gasteiger partial charge in [0.1, 0.15) is 12.7 Å². The summed E-state index contributed by atoms with van der Waals surface area (Å²) in [6, 6.07) is 31.8. The van der Waals surface area contributed by atoms with Gasteiger partial charge in [0.05, 0.1) is 16.9 Å². The van der Waals surface area contributed by atoms with E-state index in [1.54, 1.807) is 23.5 Å². The van der Waals surface area contributed by atoms with Crippen LogP contribution >= 0.6 is 0 Å². The zero-order chi connectivity index (χ0) is 25.0. The predicted octanol–water partition coefficient (Wildman–Crippen LogP) is 6.40. The fraction of sp³-hybridized carbons (Fsp3) is 0.0968. The number of pyridine rings is 2. The molecule has 3 aromatic carbocycles. The average molecular weight is 483 g/mol. The van der Waals surface area contributed by atoms with Crippen LogP contribution in [0.5, 0.6) is 0 Å². The van der Waals surface area contributed by atoms with Crippen LogP contribution < -0.4 is 5.32 Å². The lowest BCUT2D eigenvalue weighted by atomic mass is 9.97. The van der Waals surface area contributed by atoms with Gasteiger partial charge in [0.15, 0.2) is 0 Å². The second kappa shape index (κ2) is 10.1. The molecule has 0 spiro atoms. The molecule has 0 radical (unpaired) electrons. The van der Waals surface area contributed by atoms with Crippen LogP contribution in [-0.2, 0) is 6.54 Å². The predicted molar refractivity (Wildman–Crippen MR) is 147 cm³/mol. The van der Waals surface area contributed by atoms with E-state index in [4.69, 9.17) is 4.98 Å². The van der Waals surface area contributed by atoms with Gasteiger partial charge >= 0.3 is 0 Å². The first kappa shape index (κ1) is 22.8. The van der Waals surface area contributed by atoms with Crippen LogP contribution in [-0.4, -0.2) is 24.7 Å². The molecule has 3 aromatic heterocycles. The Morgan fingerprint density at radius 2 is 1.65 bits per heavy atom. The standard InChI is InChI=1S/C31H26N6/c1-22(24-11-13-28(14-12-24)37-21-33-20-35-37)34-18-23-7-9-26(10-8-23)31-29(25-5-3-2-4-6-25)17-27-19-32-16-15-30(27)36-31/h2-17,19-22,34H,18H2,1H3. The van der Waals surface area contributed by atoms with Crippen LogP contribution in [0.4, 0.5) is 0 Å². The Hall–Kier alpha value is -4.68. The Balaban J connectivity index is 1.20. The molecule has 0 aliphatic carbocycles. The highest BCUT2D eigenvalue weighted by molar-refractivity contribution is 5.91. The third-order valence-corrected chi connectivity index (χ3v) is 6.62. The topological polar surface area (TPSA) is 68.5 Å². The Morgan fingerprint density at radius 1 is 0.838 bits per heavy atom. The van der Waals surface area contributed by atoms with Crippen molar-refractivity contribution < 1.29 is 0 Å². The van der Waals surface area contributed by atoms with Gasteiger partial charge in [0.2, 0.25) is 0 Å². The summed E-state index contributed by atoms with van der Waals surface area (Å²) >= 11 is 0. The molecule has 1 unspecified atom stereocenters. The molecule has 0 amide bonds. The molecule has 1 atom stereocenters. The van der Waals surface area contributed by atoms with Crippen LogP contribution in [0.1, 0.15) is 24.1 Å². The summed E-state index contributed by atoms with van der Waals surface area (Å²) in [7, 11) is 0. The highest BCUT2D eigenvalue weighted by Crippen LogP contribution is 2.33. The first-order valence-corrected chi connectivity index (χ1v) is 12.3. The van der Waals surface area contributed by atoms with Gasteiger partial charge in [0.25, 0.3) is 0 Å². The van der Waals surface area contributed by atoms with E-state index in [1.807, 2.05) is 18.3 Å². The number of hydrogen-bond donors (Lipinski definition) is 1. The third-order valence-electron chi connectivity index (χ3n) is 6.62. The number of rotatable bonds is 7. The minimum Gasteiger partial charge on any atom is -0.306 e.